The molecule has 0 aromatic carbocycles. The zero-order valence-electron chi connectivity index (χ0n) is 15.5. The van der Waals surface area contributed by atoms with E-state index in [0.717, 1.165) is 69.6 Å². The molecule has 2 aliphatic rings. The summed E-state index contributed by atoms with van der Waals surface area (Å²) in [5, 5.41) is 8.29. The van der Waals surface area contributed by atoms with Crippen LogP contribution in [0.4, 0.5) is 0 Å². The van der Waals surface area contributed by atoms with E-state index >= 15 is 0 Å². The first-order chi connectivity index (χ1) is 12.8. The molecule has 2 aromatic heterocycles. The smallest absolute Gasteiger partial charge is 0.274 e. The maximum Gasteiger partial charge on any atom is 0.274 e. The van der Waals surface area contributed by atoms with Crippen molar-refractivity contribution in [2.45, 2.75) is 64.6 Å². The molecule has 1 fully saturated rings. The molecule has 1 aliphatic heterocycles. The predicted octanol–water partition coefficient (Wildman–Crippen LogP) is 2.77. The third kappa shape index (κ3) is 3.43. The van der Waals surface area contributed by atoms with E-state index in [2.05, 4.69) is 12.2 Å². The Balaban J connectivity index is 1.51. The van der Waals surface area contributed by atoms with Crippen LogP contribution in [0.15, 0.2) is 22.8 Å². The molecule has 2 aromatic rings. The van der Waals surface area contributed by atoms with Crippen LogP contribution in [0.2, 0.25) is 0 Å². The van der Waals surface area contributed by atoms with Gasteiger partial charge in [-0.15, -0.1) is 0 Å². The highest BCUT2D eigenvalue weighted by molar-refractivity contribution is 5.94. The Labute approximate surface area is 154 Å². The van der Waals surface area contributed by atoms with Crippen LogP contribution in [-0.4, -0.2) is 39.7 Å². The number of hydrogen-bond acceptors (Lipinski definition) is 4. The van der Waals surface area contributed by atoms with Crippen LogP contribution in [0.25, 0.3) is 0 Å². The minimum atomic E-state index is 0.125. The Bertz CT molecular complexity index is 744. The highest BCUT2D eigenvalue weighted by Crippen LogP contribution is 2.27. The average molecular weight is 356 g/mol. The lowest BCUT2D eigenvalue weighted by molar-refractivity contribution is 0.0716. The molecule has 140 valence electrons. The zero-order valence-corrected chi connectivity index (χ0v) is 15.5. The van der Waals surface area contributed by atoms with Gasteiger partial charge >= 0.3 is 0 Å². The molecule has 1 aliphatic carbocycles. The standard InChI is InChI=1S/C20H28N4O2/c1-2-24-18-9-8-15(21-14-16-7-6-12-26-16)13-17(18)19(22-24)20(25)23-10-4-3-5-11-23/h6-7,12,15,21H,2-5,8-11,13-14H2,1H3/t15-/m1/s1. The van der Waals surface area contributed by atoms with E-state index < -0.39 is 0 Å². The second kappa shape index (κ2) is 7.66. The Morgan fingerprint density at radius 1 is 1.35 bits per heavy atom. The Morgan fingerprint density at radius 3 is 2.92 bits per heavy atom. The van der Waals surface area contributed by atoms with E-state index in [0.29, 0.717) is 11.7 Å². The lowest BCUT2D eigenvalue weighted by Crippen LogP contribution is -2.38. The van der Waals surface area contributed by atoms with Crippen molar-refractivity contribution in [2.24, 2.45) is 0 Å². The normalized spacial score (nSPS) is 20.2. The number of aromatic nitrogens is 2. The van der Waals surface area contributed by atoms with Crippen molar-refractivity contribution in [3.63, 3.8) is 0 Å². The molecular formula is C20H28N4O2. The number of furan rings is 1. The van der Waals surface area contributed by atoms with Crippen LogP contribution in [-0.2, 0) is 25.9 Å². The summed E-state index contributed by atoms with van der Waals surface area (Å²) in [7, 11) is 0. The molecular weight excluding hydrogens is 328 g/mol. The number of amides is 1. The van der Waals surface area contributed by atoms with Crippen LogP contribution in [0, 0.1) is 0 Å². The first kappa shape index (κ1) is 17.3. The van der Waals surface area contributed by atoms with Crippen molar-refractivity contribution in [1.82, 2.24) is 20.0 Å². The van der Waals surface area contributed by atoms with Gasteiger partial charge in [0.25, 0.3) is 5.91 Å². The van der Waals surface area contributed by atoms with Crippen LogP contribution in [0.1, 0.15) is 60.1 Å². The molecule has 1 saturated heterocycles. The molecule has 1 amide bonds. The first-order valence-corrected chi connectivity index (χ1v) is 9.90. The molecule has 4 rings (SSSR count). The topological polar surface area (TPSA) is 63.3 Å². The van der Waals surface area contributed by atoms with E-state index in [1.54, 1.807) is 6.26 Å². The number of likely N-dealkylation sites (tertiary alicyclic amines) is 1. The molecule has 0 bridgehead atoms. The molecule has 6 heteroatoms. The van der Waals surface area contributed by atoms with Crippen molar-refractivity contribution < 1.29 is 9.21 Å². The van der Waals surface area contributed by atoms with Crippen molar-refractivity contribution in [2.75, 3.05) is 13.1 Å². The van der Waals surface area contributed by atoms with Gasteiger partial charge in [-0.3, -0.25) is 9.48 Å². The lowest BCUT2D eigenvalue weighted by Gasteiger charge is -2.27. The molecule has 1 N–H and O–H groups in total. The lowest BCUT2D eigenvalue weighted by atomic mass is 9.91. The van der Waals surface area contributed by atoms with E-state index in [4.69, 9.17) is 9.52 Å². The van der Waals surface area contributed by atoms with E-state index in [-0.39, 0.29) is 5.91 Å². The highest BCUT2D eigenvalue weighted by atomic mass is 16.3. The number of nitrogens with zero attached hydrogens (tertiary/aromatic N) is 3. The highest BCUT2D eigenvalue weighted by Gasteiger charge is 2.31. The Morgan fingerprint density at radius 2 is 2.19 bits per heavy atom. The van der Waals surface area contributed by atoms with Gasteiger partial charge in [0, 0.05) is 36.9 Å². The second-order valence-corrected chi connectivity index (χ2v) is 7.34. The number of piperidine rings is 1. The molecule has 26 heavy (non-hydrogen) atoms. The van der Waals surface area contributed by atoms with Gasteiger partial charge in [-0.25, -0.2) is 0 Å². The number of nitrogens with one attached hydrogen (secondary N) is 1. The van der Waals surface area contributed by atoms with Crippen molar-refractivity contribution >= 4 is 5.91 Å². The zero-order chi connectivity index (χ0) is 17.9. The fraction of sp³-hybridized carbons (Fsp3) is 0.600. The number of carbonyl (C=O) groups is 1. The van der Waals surface area contributed by atoms with E-state index in [1.165, 1.54) is 12.1 Å². The van der Waals surface area contributed by atoms with Crippen molar-refractivity contribution in [3.05, 3.63) is 41.1 Å². The summed E-state index contributed by atoms with van der Waals surface area (Å²) in [5.74, 6) is 1.07. The van der Waals surface area contributed by atoms with Gasteiger partial charge in [-0.05, 0) is 57.6 Å². The third-order valence-electron chi connectivity index (χ3n) is 5.64. The van der Waals surface area contributed by atoms with Gasteiger partial charge < -0.3 is 14.6 Å². The maximum atomic E-state index is 13.1. The van der Waals surface area contributed by atoms with Gasteiger partial charge in [-0.2, -0.15) is 5.10 Å². The predicted molar refractivity (Wildman–Crippen MR) is 99.0 cm³/mol. The van der Waals surface area contributed by atoms with Crippen LogP contribution in [0.3, 0.4) is 0 Å². The van der Waals surface area contributed by atoms with Crippen LogP contribution in [0.5, 0.6) is 0 Å². The molecule has 0 saturated carbocycles. The summed E-state index contributed by atoms with van der Waals surface area (Å²) >= 11 is 0. The summed E-state index contributed by atoms with van der Waals surface area (Å²) in [4.78, 5) is 15.1. The summed E-state index contributed by atoms with van der Waals surface area (Å²) in [6.45, 7) is 5.38. The number of carbonyl (C=O) groups excluding carboxylic acids is 1. The molecule has 3 heterocycles. The number of fused-ring (bicyclic) bond motifs is 1. The van der Waals surface area contributed by atoms with Crippen molar-refractivity contribution in [3.8, 4) is 0 Å². The number of rotatable bonds is 5. The van der Waals surface area contributed by atoms with Crippen LogP contribution >= 0.6 is 0 Å². The minimum absolute atomic E-state index is 0.125. The Hall–Kier alpha value is -2.08. The molecule has 0 radical (unpaired) electrons. The third-order valence-corrected chi connectivity index (χ3v) is 5.64. The average Bonchev–Trinajstić information content (AvgIpc) is 3.34. The summed E-state index contributed by atoms with van der Waals surface area (Å²) < 4.78 is 7.45. The number of aryl methyl sites for hydroxylation is 1. The maximum absolute atomic E-state index is 13.1. The number of hydrogen-bond donors (Lipinski definition) is 1. The largest absolute Gasteiger partial charge is 0.468 e. The van der Waals surface area contributed by atoms with Gasteiger partial charge in [0.2, 0.25) is 0 Å². The minimum Gasteiger partial charge on any atom is -0.468 e. The SMILES string of the molecule is CCn1nc(C(=O)N2CCCCC2)c2c1CC[C@@H](NCc1ccco1)C2. The molecule has 1 atom stereocenters. The van der Waals surface area contributed by atoms with E-state index in [1.807, 2.05) is 21.7 Å². The van der Waals surface area contributed by atoms with Gasteiger partial charge in [0.1, 0.15) is 5.76 Å². The fourth-order valence-corrected chi connectivity index (χ4v) is 4.20. The first-order valence-electron chi connectivity index (χ1n) is 9.90. The quantitative estimate of drug-likeness (QED) is 0.895. The van der Waals surface area contributed by atoms with Gasteiger partial charge in [0.15, 0.2) is 5.69 Å². The molecule has 6 nitrogen and oxygen atoms in total. The van der Waals surface area contributed by atoms with Gasteiger partial charge in [-0.1, -0.05) is 0 Å². The Kier molecular flexibility index (Phi) is 5.11. The van der Waals surface area contributed by atoms with Gasteiger partial charge in [0.05, 0.1) is 12.8 Å². The van der Waals surface area contributed by atoms with Crippen molar-refractivity contribution in [1.29, 1.82) is 0 Å². The monoisotopic (exact) mass is 356 g/mol. The second-order valence-electron chi connectivity index (χ2n) is 7.34. The summed E-state index contributed by atoms with van der Waals surface area (Å²) in [6, 6.07) is 4.26. The van der Waals surface area contributed by atoms with E-state index in [9.17, 15) is 4.79 Å². The molecule has 0 spiro atoms. The summed E-state index contributed by atoms with van der Waals surface area (Å²) in [6.07, 6.45) is 8.05. The molecule has 0 unspecified atom stereocenters. The summed E-state index contributed by atoms with van der Waals surface area (Å²) in [5.41, 5.74) is 3.10. The fourth-order valence-electron chi connectivity index (χ4n) is 4.20. The van der Waals surface area contributed by atoms with Crippen LogP contribution < -0.4 is 5.32 Å².